The number of hydrogen-bond acceptors (Lipinski definition) is 5. The number of rotatable bonds is 3. The predicted molar refractivity (Wildman–Crippen MR) is 113 cm³/mol. The van der Waals surface area contributed by atoms with Crippen molar-refractivity contribution in [2.75, 3.05) is 31.2 Å². The number of benzene rings is 1. The van der Waals surface area contributed by atoms with Crippen LogP contribution in [0.5, 0.6) is 0 Å². The van der Waals surface area contributed by atoms with Crippen LogP contribution in [-0.2, 0) is 4.74 Å². The number of nitrogens with zero attached hydrogens (tertiary/aromatic N) is 5. The molecule has 0 amide bonds. The third kappa shape index (κ3) is 3.16. The molecule has 0 atom stereocenters. The maximum Gasteiger partial charge on any atom is 0.225 e. The Balaban J connectivity index is 1.60. The summed E-state index contributed by atoms with van der Waals surface area (Å²) >= 11 is 3.51. The van der Waals surface area contributed by atoms with Gasteiger partial charge in [0.25, 0.3) is 0 Å². The number of aromatic nitrogens is 4. The van der Waals surface area contributed by atoms with Crippen molar-refractivity contribution < 1.29 is 4.74 Å². The van der Waals surface area contributed by atoms with Gasteiger partial charge in [0.1, 0.15) is 0 Å². The zero-order valence-corrected chi connectivity index (χ0v) is 16.7. The maximum absolute atomic E-state index is 5.41. The fourth-order valence-corrected chi connectivity index (χ4v) is 3.77. The molecule has 0 radical (unpaired) electrons. The number of fused-ring (bicyclic) bond motifs is 1. The topological polar surface area (TPSA) is 56.1 Å². The quantitative estimate of drug-likeness (QED) is 0.485. The largest absolute Gasteiger partial charge is 0.378 e. The Labute approximate surface area is 171 Å². The molecule has 3 aromatic heterocycles. The Morgan fingerprint density at radius 2 is 1.68 bits per heavy atom. The van der Waals surface area contributed by atoms with Crippen LogP contribution in [0.15, 0.2) is 65.7 Å². The van der Waals surface area contributed by atoms with Crippen LogP contribution in [0.2, 0.25) is 0 Å². The molecular weight excluding hydrogens is 418 g/mol. The minimum absolute atomic E-state index is 0.718. The van der Waals surface area contributed by atoms with Crippen molar-refractivity contribution in [2.45, 2.75) is 0 Å². The van der Waals surface area contributed by atoms with E-state index in [1.807, 2.05) is 43.0 Å². The number of pyridine rings is 1. The molecule has 0 N–H and O–H groups in total. The van der Waals surface area contributed by atoms with Crippen molar-refractivity contribution in [3.63, 3.8) is 0 Å². The van der Waals surface area contributed by atoms with Crippen molar-refractivity contribution in [2.24, 2.45) is 0 Å². The zero-order valence-electron chi connectivity index (χ0n) is 15.1. The maximum atomic E-state index is 5.41. The van der Waals surface area contributed by atoms with Gasteiger partial charge in [-0.2, -0.15) is 0 Å². The summed E-state index contributed by atoms with van der Waals surface area (Å²) in [6, 6.07) is 12.4. The molecule has 1 aliphatic heterocycles. The van der Waals surface area contributed by atoms with Crippen molar-refractivity contribution in [3.05, 3.63) is 65.7 Å². The molecule has 1 aliphatic rings. The summed E-state index contributed by atoms with van der Waals surface area (Å²) in [5.74, 6) is 0.750. The van der Waals surface area contributed by atoms with E-state index in [0.29, 0.717) is 0 Å². The smallest absolute Gasteiger partial charge is 0.225 e. The van der Waals surface area contributed by atoms with Gasteiger partial charge in [-0.1, -0.05) is 15.9 Å². The average Bonchev–Trinajstić information content (AvgIpc) is 3.15. The lowest BCUT2D eigenvalue weighted by Gasteiger charge is -2.26. The average molecular weight is 436 g/mol. The van der Waals surface area contributed by atoms with Crippen LogP contribution in [-0.4, -0.2) is 45.8 Å². The van der Waals surface area contributed by atoms with E-state index in [-0.39, 0.29) is 0 Å². The standard InChI is InChI=1S/C21H18BrN5O/c22-17-1-3-18(4-2-17)27-19(11-15-5-6-23-14-20(15)27)16-12-24-21(25-13-16)26-7-9-28-10-8-26/h1-6,11-14H,7-10H2. The molecule has 4 heterocycles. The Kier molecular flexibility index (Phi) is 4.54. The molecule has 0 unspecified atom stereocenters. The third-order valence-electron chi connectivity index (χ3n) is 4.92. The van der Waals surface area contributed by atoms with E-state index >= 15 is 0 Å². The number of anilines is 1. The van der Waals surface area contributed by atoms with E-state index in [4.69, 9.17) is 4.74 Å². The molecule has 140 valence electrons. The van der Waals surface area contributed by atoms with Gasteiger partial charge in [0, 0.05) is 52.8 Å². The van der Waals surface area contributed by atoms with E-state index in [1.165, 1.54) is 0 Å². The minimum Gasteiger partial charge on any atom is -0.378 e. The monoisotopic (exact) mass is 435 g/mol. The van der Waals surface area contributed by atoms with Gasteiger partial charge in [-0.15, -0.1) is 0 Å². The first kappa shape index (κ1) is 17.3. The second-order valence-corrected chi connectivity index (χ2v) is 7.56. The lowest BCUT2D eigenvalue weighted by molar-refractivity contribution is 0.122. The van der Waals surface area contributed by atoms with Gasteiger partial charge < -0.3 is 14.2 Å². The Bertz CT molecular complexity index is 1100. The van der Waals surface area contributed by atoms with Crippen LogP contribution in [0.4, 0.5) is 5.95 Å². The summed E-state index contributed by atoms with van der Waals surface area (Å²) in [5.41, 5.74) is 4.13. The first-order valence-corrected chi connectivity index (χ1v) is 9.95. The lowest BCUT2D eigenvalue weighted by atomic mass is 10.2. The predicted octanol–water partition coefficient (Wildman–Crippen LogP) is 4.08. The first-order valence-electron chi connectivity index (χ1n) is 9.16. The Hall–Kier alpha value is -2.77. The summed E-state index contributed by atoms with van der Waals surface area (Å²) in [5, 5.41) is 1.13. The highest BCUT2D eigenvalue weighted by atomic mass is 79.9. The van der Waals surface area contributed by atoms with Gasteiger partial charge in [-0.25, -0.2) is 9.97 Å². The van der Waals surface area contributed by atoms with E-state index < -0.39 is 0 Å². The highest BCUT2D eigenvalue weighted by Gasteiger charge is 2.16. The zero-order chi connectivity index (χ0) is 18.9. The van der Waals surface area contributed by atoms with Crippen LogP contribution >= 0.6 is 15.9 Å². The van der Waals surface area contributed by atoms with Crippen LogP contribution < -0.4 is 4.90 Å². The second-order valence-electron chi connectivity index (χ2n) is 6.65. The Morgan fingerprint density at radius 1 is 0.929 bits per heavy atom. The molecule has 5 rings (SSSR count). The second kappa shape index (κ2) is 7.33. The SMILES string of the molecule is Brc1ccc(-n2c(-c3cnc(N4CCOCC4)nc3)cc3ccncc32)cc1. The third-order valence-corrected chi connectivity index (χ3v) is 5.45. The first-order chi connectivity index (χ1) is 13.8. The molecule has 0 saturated carbocycles. The molecule has 6 nitrogen and oxygen atoms in total. The van der Waals surface area contributed by atoms with Gasteiger partial charge in [0.05, 0.1) is 30.6 Å². The summed E-state index contributed by atoms with van der Waals surface area (Å²) < 4.78 is 8.65. The van der Waals surface area contributed by atoms with Crippen LogP contribution in [0.3, 0.4) is 0 Å². The van der Waals surface area contributed by atoms with Crippen LogP contribution in [0.25, 0.3) is 27.8 Å². The van der Waals surface area contributed by atoms with E-state index in [9.17, 15) is 0 Å². The highest BCUT2D eigenvalue weighted by Crippen LogP contribution is 2.31. The number of morpholine rings is 1. The van der Waals surface area contributed by atoms with Crippen molar-refractivity contribution >= 4 is 32.8 Å². The summed E-state index contributed by atoms with van der Waals surface area (Å²) in [7, 11) is 0. The van der Waals surface area contributed by atoms with Gasteiger partial charge in [0.2, 0.25) is 5.95 Å². The van der Waals surface area contributed by atoms with E-state index in [1.54, 1.807) is 0 Å². The van der Waals surface area contributed by atoms with Gasteiger partial charge in [0.15, 0.2) is 0 Å². The molecule has 28 heavy (non-hydrogen) atoms. The molecule has 0 aliphatic carbocycles. The number of halogens is 1. The molecule has 4 aromatic rings. The molecule has 1 aromatic carbocycles. The van der Waals surface area contributed by atoms with Crippen LogP contribution in [0, 0.1) is 0 Å². The van der Waals surface area contributed by atoms with Crippen molar-refractivity contribution in [3.8, 4) is 16.9 Å². The molecule has 0 spiro atoms. The molecular formula is C21H18BrN5O. The lowest BCUT2D eigenvalue weighted by Crippen LogP contribution is -2.37. The Morgan fingerprint density at radius 3 is 2.43 bits per heavy atom. The van der Waals surface area contributed by atoms with Crippen LogP contribution in [0.1, 0.15) is 0 Å². The van der Waals surface area contributed by atoms with E-state index in [2.05, 4.69) is 58.5 Å². The van der Waals surface area contributed by atoms with Gasteiger partial charge >= 0.3 is 0 Å². The fraction of sp³-hybridized carbons (Fsp3) is 0.190. The highest BCUT2D eigenvalue weighted by molar-refractivity contribution is 9.10. The summed E-state index contributed by atoms with van der Waals surface area (Å²) in [6.07, 6.45) is 7.50. The van der Waals surface area contributed by atoms with Gasteiger partial charge in [-0.05, 0) is 36.4 Å². The normalized spacial score (nSPS) is 14.5. The van der Waals surface area contributed by atoms with Gasteiger partial charge in [-0.3, -0.25) is 4.98 Å². The number of hydrogen-bond donors (Lipinski definition) is 0. The molecule has 0 bridgehead atoms. The number of ether oxygens (including phenoxy) is 1. The summed E-state index contributed by atoms with van der Waals surface area (Å²) in [6.45, 7) is 3.08. The molecule has 1 saturated heterocycles. The minimum atomic E-state index is 0.718. The summed E-state index contributed by atoms with van der Waals surface area (Å²) in [4.78, 5) is 15.7. The fourth-order valence-electron chi connectivity index (χ4n) is 3.51. The van der Waals surface area contributed by atoms with Crippen molar-refractivity contribution in [1.29, 1.82) is 0 Å². The molecule has 1 fully saturated rings. The molecule has 7 heteroatoms. The van der Waals surface area contributed by atoms with E-state index in [0.717, 1.165) is 64.6 Å². The van der Waals surface area contributed by atoms with Crippen molar-refractivity contribution in [1.82, 2.24) is 19.5 Å².